The quantitative estimate of drug-likeness (QED) is 0.332. The van der Waals surface area contributed by atoms with Gasteiger partial charge in [0.15, 0.2) is 15.5 Å². The minimum Gasteiger partial charge on any atom is -0.504 e. The second kappa shape index (κ2) is 8.33. The molecule has 1 saturated heterocycles. The molecule has 0 radical (unpaired) electrons. The number of anilines is 1. The second-order valence-electron chi connectivity index (χ2n) is 7.40. The van der Waals surface area contributed by atoms with E-state index in [4.69, 9.17) is 17.0 Å². The number of imide groups is 1. The number of hydrogen-bond donors (Lipinski definition) is 2. The van der Waals surface area contributed by atoms with Crippen molar-refractivity contribution in [3.63, 3.8) is 0 Å². The number of halogens is 1. The van der Waals surface area contributed by atoms with Crippen LogP contribution in [-0.4, -0.2) is 33.8 Å². The largest absolute Gasteiger partial charge is 0.504 e. The van der Waals surface area contributed by atoms with Crippen LogP contribution in [0.2, 0.25) is 0 Å². The normalized spacial score (nSPS) is 22.1. The Morgan fingerprint density at radius 1 is 1.19 bits per heavy atom. The van der Waals surface area contributed by atoms with Gasteiger partial charge in [0, 0.05) is 15.3 Å². The molecule has 3 aromatic rings. The molecule has 0 saturated carbocycles. The van der Waals surface area contributed by atoms with Crippen LogP contribution in [-0.2, 0) is 9.59 Å². The molecule has 1 aromatic heterocycles. The number of aromatic nitrogens is 1. The Hall–Kier alpha value is -2.14. The summed E-state index contributed by atoms with van der Waals surface area (Å²) in [4.78, 5) is 32.5. The van der Waals surface area contributed by atoms with Crippen LogP contribution < -0.4 is 9.64 Å². The van der Waals surface area contributed by atoms with E-state index >= 15 is 0 Å². The predicted octanol–water partition coefficient (Wildman–Crippen LogP) is 5.47. The molecular formula is C22H17BrN2O4S3. The van der Waals surface area contributed by atoms with Gasteiger partial charge in [-0.3, -0.25) is 9.59 Å². The minimum atomic E-state index is -0.593. The number of fused-ring (bicyclic) bond motifs is 2. The first-order valence-corrected chi connectivity index (χ1v) is 12.8. The highest BCUT2D eigenvalue weighted by Crippen LogP contribution is 2.54. The van der Waals surface area contributed by atoms with Crippen LogP contribution in [0.4, 0.5) is 5.69 Å². The average Bonchev–Trinajstić information content (AvgIpc) is 3.25. The van der Waals surface area contributed by atoms with Gasteiger partial charge in [-0.1, -0.05) is 33.8 Å². The van der Waals surface area contributed by atoms with E-state index in [1.54, 1.807) is 30.3 Å². The monoisotopic (exact) mass is 548 g/mol. The van der Waals surface area contributed by atoms with Crippen LogP contribution in [0.1, 0.15) is 23.3 Å². The van der Waals surface area contributed by atoms with Gasteiger partial charge in [-0.15, -0.1) is 11.3 Å². The highest BCUT2D eigenvalue weighted by molar-refractivity contribution is 9.10. The third-order valence-electron chi connectivity index (χ3n) is 5.55. The molecule has 164 valence electrons. The van der Waals surface area contributed by atoms with Gasteiger partial charge in [-0.05, 0) is 61.1 Å². The van der Waals surface area contributed by atoms with E-state index in [-0.39, 0.29) is 23.5 Å². The number of thioether (sulfide) groups is 1. The molecule has 5 rings (SSSR count). The van der Waals surface area contributed by atoms with E-state index in [1.165, 1.54) is 28.0 Å². The van der Waals surface area contributed by atoms with E-state index in [9.17, 15) is 14.7 Å². The van der Waals surface area contributed by atoms with Crippen molar-refractivity contribution >= 4 is 68.7 Å². The zero-order valence-corrected chi connectivity index (χ0v) is 20.7. The van der Waals surface area contributed by atoms with Gasteiger partial charge in [-0.2, -0.15) is 0 Å². The van der Waals surface area contributed by atoms with Crippen molar-refractivity contribution < 1.29 is 19.4 Å². The third kappa shape index (κ3) is 3.49. The summed E-state index contributed by atoms with van der Waals surface area (Å²) in [6, 6.07) is 12.2. The lowest BCUT2D eigenvalue weighted by Crippen LogP contribution is -2.32. The zero-order valence-electron chi connectivity index (χ0n) is 16.7. The van der Waals surface area contributed by atoms with E-state index in [1.807, 2.05) is 19.1 Å². The molecular weight excluding hydrogens is 532 g/mol. The van der Waals surface area contributed by atoms with Crippen molar-refractivity contribution in [2.24, 2.45) is 5.92 Å². The summed E-state index contributed by atoms with van der Waals surface area (Å²) < 4.78 is 7.04. The number of nitrogens with one attached hydrogen (secondary N) is 1. The maximum Gasteiger partial charge on any atom is 0.248 e. The number of carbonyl (C=O) groups excluding carboxylic acids is 2. The number of thiazole rings is 1. The number of phenolic OH excluding ortho intramolecular Hbond substituents is 1. The lowest BCUT2D eigenvalue weighted by molar-refractivity contribution is -0.122. The van der Waals surface area contributed by atoms with E-state index in [2.05, 4.69) is 20.9 Å². The number of rotatable bonds is 4. The van der Waals surface area contributed by atoms with Gasteiger partial charge in [0.2, 0.25) is 11.8 Å². The average molecular weight is 549 g/mol. The van der Waals surface area contributed by atoms with Gasteiger partial charge >= 0.3 is 0 Å². The Morgan fingerprint density at radius 3 is 2.66 bits per heavy atom. The molecule has 2 N–H and O–H groups in total. The molecule has 2 aliphatic rings. The Labute approximate surface area is 205 Å². The van der Waals surface area contributed by atoms with Crippen LogP contribution >= 0.6 is 51.2 Å². The van der Waals surface area contributed by atoms with E-state index in [0.717, 1.165) is 19.9 Å². The number of H-pyrrole nitrogens is 1. The van der Waals surface area contributed by atoms with Gasteiger partial charge in [0.1, 0.15) is 5.25 Å². The molecule has 6 nitrogen and oxygen atoms in total. The predicted molar refractivity (Wildman–Crippen MR) is 130 cm³/mol. The zero-order chi connectivity index (χ0) is 22.6. The SMILES string of the molecule is CCOc1cc(C2c3sc(=S)[nH]c3SC3C(=O)N(c4ccc(Br)cc4)C(=O)C32)ccc1O. The molecule has 10 heteroatoms. The van der Waals surface area contributed by atoms with Crippen LogP contribution in [0.25, 0.3) is 0 Å². The van der Waals surface area contributed by atoms with Gasteiger partial charge in [0.25, 0.3) is 0 Å². The van der Waals surface area contributed by atoms with Crippen molar-refractivity contribution in [3.8, 4) is 11.5 Å². The molecule has 3 atom stereocenters. The van der Waals surface area contributed by atoms with Gasteiger partial charge in [0.05, 0.1) is 23.2 Å². The van der Waals surface area contributed by atoms with Crippen molar-refractivity contribution in [3.05, 3.63) is 61.3 Å². The number of nitrogens with zero attached hydrogens (tertiary/aromatic N) is 1. The molecule has 1 fully saturated rings. The minimum absolute atomic E-state index is 0.0320. The molecule has 0 spiro atoms. The number of hydrogen-bond acceptors (Lipinski definition) is 7. The van der Waals surface area contributed by atoms with Crippen molar-refractivity contribution in [2.45, 2.75) is 23.1 Å². The Bertz CT molecular complexity index is 1290. The Balaban J connectivity index is 1.64. The number of carbonyl (C=O) groups is 2. The number of aromatic hydroxyl groups is 1. The molecule has 32 heavy (non-hydrogen) atoms. The molecule has 0 aliphatic carbocycles. The Kier molecular flexibility index (Phi) is 5.65. The summed E-state index contributed by atoms with van der Waals surface area (Å²) in [7, 11) is 0. The lowest BCUT2D eigenvalue weighted by Gasteiger charge is -2.30. The van der Waals surface area contributed by atoms with Gasteiger partial charge in [-0.25, -0.2) is 4.90 Å². The van der Waals surface area contributed by atoms with Crippen molar-refractivity contribution in [1.82, 2.24) is 4.98 Å². The fourth-order valence-electron chi connectivity index (χ4n) is 4.22. The third-order valence-corrected chi connectivity index (χ3v) is 8.83. The maximum atomic E-state index is 13.7. The summed E-state index contributed by atoms with van der Waals surface area (Å²) in [5, 5.41) is 10.4. The second-order valence-corrected chi connectivity index (χ2v) is 11.2. The fourth-order valence-corrected chi connectivity index (χ4v) is 7.44. The van der Waals surface area contributed by atoms with Crippen molar-refractivity contribution in [2.75, 3.05) is 11.5 Å². The summed E-state index contributed by atoms with van der Waals surface area (Å²) in [5.41, 5.74) is 1.35. The van der Waals surface area contributed by atoms with Crippen LogP contribution in [0, 0.1) is 9.87 Å². The molecule has 3 heterocycles. The molecule has 2 aliphatic heterocycles. The first-order chi connectivity index (χ1) is 15.4. The number of benzene rings is 2. The lowest BCUT2D eigenvalue weighted by atomic mass is 9.83. The number of amides is 2. The molecule has 0 bridgehead atoms. The van der Waals surface area contributed by atoms with Crippen LogP contribution in [0.15, 0.2) is 52.0 Å². The first kappa shape index (κ1) is 21.7. The van der Waals surface area contributed by atoms with E-state index in [0.29, 0.717) is 22.0 Å². The van der Waals surface area contributed by atoms with E-state index < -0.39 is 11.2 Å². The topological polar surface area (TPSA) is 82.6 Å². The summed E-state index contributed by atoms with van der Waals surface area (Å²) >= 11 is 11.5. The molecule has 2 aromatic carbocycles. The number of aromatic amines is 1. The summed E-state index contributed by atoms with van der Waals surface area (Å²) in [6.45, 7) is 2.23. The van der Waals surface area contributed by atoms with Crippen LogP contribution in [0.3, 0.4) is 0 Å². The molecule has 2 amide bonds. The van der Waals surface area contributed by atoms with Crippen molar-refractivity contribution in [1.29, 1.82) is 0 Å². The molecule has 3 unspecified atom stereocenters. The maximum absolute atomic E-state index is 13.7. The number of phenols is 1. The Morgan fingerprint density at radius 2 is 1.94 bits per heavy atom. The summed E-state index contributed by atoms with van der Waals surface area (Å²) in [6.07, 6.45) is 0. The first-order valence-electron chi connectivity index (χ1n) is 9.87. The fraction of sp³-hybridized carbons (Fsp3) is 0.227. The highest BCUT2D eigenvalue weighted by atomic mass is 79.9. The van der Waals surface area contributed by atoms with Gasteiger partial charge < -0.3 is 14.8 Å². The smallest absolute Gasteiger partial charge is 0.248 e. The van der Waals surface area contributed by atoms with Crippen LogP contribution in [0.5, 0.6) is 11.5 Å². The summed E-state index contributed by atoms with van der Waals surface area (Å²) in [5.74, 6) is -1.07. The number of ether oxygens (including phenoxy) is 1. The standard InChI is InChI=1S/C22H17BrN2O4S3/c1-2-29-14-9-10(3-8-13(14)26)15-16-18(31-19-17(15)32-22(30)24-19)21(28)25(20(16)27)12-6-4-11(23)5-7-12/h3-9,15-16,18,26H,2H2,1H3,(H,24,30). The highest BCUT2D eigenvalue weighted by Gasteiger charge is 2.56.